The molecule has 0 aliphatic heterocycles. The molecule has 0 aliphatic carbocycles. The number of imidazole rings is 1. The van der Waals surface area contributed by atoms with Crippen LogP contribution in [-0.4, -0.2) is 4.57 Å². The van der Waals surface area contributed by atoms with Crippen molar-refractivity contribution in [2.75, 3.05) is 0 Å². The minimum Gasteiger partial charge on any atom is -0.234 e. The van der Waals surface area contributed by atoms with Crippen LogP contribution in [0.15, 0.2) is 42.7 Å². The van der Waals surface area contributed by atoms with E-state index in [1.165, 1.54) is 69.2 Å². The standard InChI is InChI=1S/C22H35N2/c1-3-5-7-8-9-13-16-22-23(17-6-4-2)18-19-24(22)20-21-14-11-10-12-15-21/h10-12,14-15,18-19H,3-9,13,16-17,20H2,1-2H3/q+1. The van der Waals surface area contributed by atoms with Gasteiger partial charge in [-0.25, -0.2) is 9.13 Å². The van der Waals surface area contributed by atoms with Crippen molar-refractivity contribution in [3.05, 3.63) is 54.1 Å². The van der Waals surface area contributed by atoms with Crippen molar-refractivity contribution in [1.29, 1.82) is 0 Å². The Bertz CT molecular complexity index is 557. The highest BCUT2D eigenvalue weighted by Crippen LogP contribution is 2.10. The summed E-state index contributed by atoms with van der Waals surface area (Å²) in [6.07, 6.45) is 16.5. The molecule has 0 bridgehead atoms. The van der Waals surface area contributed by atoms with E-state index >= 15 is 0 Å². The number of nitrogens with zero attached hydrogens (tertiary/aromatic N) is 2. The van der Waals surface area contributed by atoms with Crippen LogP contribution in [0.25, 0.3) is 0 Å². The van der Waals surface area contributed by atoms with Crippen LogP contribution >= 0.6 is 0 Å². The van der Waals surface area contributed by atoms with E-state index in [9.17, 15) is 0 Å². The average molecular weight is 328 g/mol. The molecule has 2 heteroatoms. The van der Waals surface area contributed by atoms with Gasteiger partial charge >= 0.3 is 0 Å². The van der Waals surface area contributed by atoms with Crippen LogP contribution in [-0.2, 0) is 19.5 Å². The van der Waals surface area contributed by atoms with Crippen molar-refractivity contribution in [3.63, 3.8) is 0 Å². The van der Waals surface area contributed by atoms with Gasteiger partial charge in [0.1, 0.15) is 18.9 Å². The first-order chi connectivity index (χ1) is 11.8. The summed E-state index contributed by atoms with van der Waals surface area (Å²) in [4.78, 5) is 0. The van der Waals surface area contributed by atoms with Gasteiger partial charge in [-0.2, -0.15) is 0 Å². The third kappa shape index (κ3) is 6.14. The molecule has 0 aliphatic rings. The summed E-state index contributed by atoms with van der Waals surface area (Å²) in [5.74, 6) is 1.50. The van der Waals surface area contributed by atoms with Gasteiger partial charge in [-0.3, -0.25) is 0 Å². The number of aryl methyl sites for hydroxylation is 1. The van der Waals surface area contributed by atoms with Gasteiger partial charge in [0.05, 0.1) is 6.54 Å². The molecule has 132 valence electrons. The molecule has 0 saturated carbocycles. The highest BCUT2D eigenvalue weighted by Gasteiger charge is 2.16. The van der Waals surface area contributed by atoms with Crippen LogP contribution in [0.4, 0.5) is 0 Å². The first-order valence-electron chi connectivity index (χ1n) is 9.96. The third-order valence-corrected chi connectivity index (χ3v) is 4.79. The second-order valence-electron chi connectivity index (χ2n) is 6.89. The number of hydrogen-bond acceptors (Lipinski definition) is 0. The van der Waals surface area contributed by atoms with Crippen molar-refractivity contribution >= 4 is 0 Å². The summed E-state index contributed by atoms with van der Waals surface area (Å²) in [7, 11) is 0. The van der Waals surface area contributed by atoms with Gasteiger partial charge in [-0.05, 0) is 18.4 Å². The van der Waals surface area contributed by atoms with E-state index in [-0.39, 0.29) is 0 Å². The fourth-order valence-electron chi connectivity index (χ4n) is 3.30. The third-order valence-electron chi connectivity index (χ3n) is 4.79. The number of hydrogen-bond donors (Lipinski definition) is 0. The maximum absolute atomic E-state index is 2.48. The smallest absolute Gasteiger partial charge is 0.234 e. The van der Waals surface area contributed by atoms with E-state index in [4.69, 9.17) is 0 Å². The molecule has 2 aromatic rings. The fraction of sp³-hybridized carbons (Fsp3) is 0.591. The molecule has 1 aromatic heterocycles. The Labute approximate surface area is 148 Å². The molecule has 2 nitrogen and oxygen atoms in total. The van der Waals surface area contributed by atoms with E-state index in [1.54, 1.807) is 0 Å². The molecule has 24 heavy (non-hydrogen) atoms. The Morgan fingerprint density at radius 1 is 0.833 bits per heavy atom. The number of aromatic nitrogens is 2. The first-order valence-corrected chi connectivity index (χ1v) is 9.96. The van der Waals surface area contributed by atoms with Crippen LogP contribution in [0.3, 0.4) is 0 Å². The molecule has 0 fully saturated rings. The Morgan fingerprint density at radius 2 is 1.54 bits per heavy atom. The highest BCUT2D eigenvalue weighted by atomic mass is 15.1. The van der Waals surface area contributed by atoms with Gasteiger partial charge in [0.2, 0.25) is 0 Å². The molecule has 1 aromatic carbocycles. The predicted octanol–water partition coefficient (Wildman–Crippen LogP) is 5.53. The second kappa shape index (κ2) is 11.1. The summed E-state index contributed by atoms with van der Waals surface area (Å²) >= 11 is 0. The monoisotopic (exact) mass is 327 g/mol. The summed E-state index contributed by atoms with van der Waals surface area (Å²) < 4.78 is 4.94. The first kappa shape index (κ1) is 18.8. The van der Waals surface area contributed by atoms with Crippen LogP contribution in [0.5, 0.6) is 0 Å². The minimum atomic E-state index is 0.991. The summed E-state index contributed by atoms with van der Waals surface area (Å²) in [6.45, 7) is 6.70. The molecule has 0 amide bonds. The molecule has 0 atom stereocenters. The van der Waals surface area contributed by atoms with Crippen molar-refractivity contribution in [2.24, 2.45) is 0 Å². The zero-order chi connectivity index (χ0) is 17.0. The zero-order valence-corrected chi connectivity index (χ0v) is 15.7. The maximum atomic E-state index is 2.48. The minimum absolute atomic E-state index is 0.991. The maximum Gasteiger partial charge on any atom is 0.256 e. The average Bonchev–Trinajstić information content (AvgIpc) is 2.98. The Morgan fingerprint density at radius 3 is 2.29 bits per heavy atom. The summed E-state index contributed by atoms with van der Waals surface area (Å²) in [5, 5.41) is 0. The van der Waals surface area contributed by atoms with Crippen molar-refractivity contribution in [2.45, 2.75) is 84.7 Å². The fourth-order valence-corrected chi connectivity index (χ4v) is 3.30. The van der Waals surface area contributed by atoms with E-state index in [0.717, 1.165) is 13.1 Å². The van der Waals surface area contributed by atoms with E-state index < -0.39 is 0 Å². The molecule has 0 N–H and O–H groups in total. The molecule has 0 radical (unpaired) electrons. The van der Waals surface area contributed by atoms with Gasteiger partial charge in [0.25, 0.3) is 5.82 Å². The van der Waals surface area contributed by atoms with Gasteiger partial charge in [-0.1, -0.05) is 82.7 Å². The largest absolute Gasteiger partial charge is 0.256 e. The van der Waals surface area contributed by atoms with E-state index in [2.05, 4.69) is 65.7 Å². The molecular weight excluding hydrogens is 292 g/mol. The SMILES string of the molecule is CCCCCCCCc1n(CCCC)cc[n+]1Cc1ccccc1. The van der Waals surface area contributed by atoms with E-state index in [0.29, 0.717) is 0 Å². The van der Waals surface area contributed by atoms with Crippen LogP contribution in [0.2, 0.25) is 0 Å². The summed E-state index contributed by atoms with van der Waals surface area (Å²) in [6, 6.07) is 10.8. The van der Waals surface area contributed by atoms with Crippen molar-refractivity contribution in [1.82, 2.24) is 4.57 Å². The van der Waals surface area contributed by atoms with Crippen LogP contribution < -0.4 is 4.57 Å². The number of benzene rings is 1. The number of unbranched alkanes of at least 4 members (excludes halogenated alkanes) is 6. The van der Waals surface area contributed by atoms with Gasteiger partial charge in [0, 0.05) is 6.42 Å². The normalized spacial score (nSPS) is 11.1. The lowest BCUT2D eigenvalue weighted by molar-refractivity contribution is -0.695. The van der Waals surface area contributed by atoms with Crippen molar-refractivity contribution in [3.8, 4) is 0 Å². The molecule has 0 unspecified atom stereocenters. The molecule has 0 spiro atoms. The van der Waals surface area contributed by atoms with Gasteiger partial charge in [0.15, 0.2) is 0 Å². The van der Waals surface area contributed by atoms with Gasteiger partial charge < -0.3 is 0 Å². The molecule has 0 saturated heterocycles. The van der Waals surface area contributed by atoms with Crippen LogP contribution in [0.1, 0.15) is 76.6 Å². The molecule has 1 heterocycles. The Balaban J connectivity index is 1.97. The lowest BCUT2D eigenvalue weighted by Crippen LogP contribution is -2.37. The lowest BCUT2D eigenvalue weighted by Gasteiger charge is -2.06. The van der Waals surface area contributed by atoms with Crippen molar-refractivity contribution < 1.29 is 4.57 Å². The van der Waals surface area contributed by atoms with E-state index in [1.807, 2.05) is 0 Å². The highest BCUT2D eigenvalue weighted by molar-refractivity contribution is 5.13. The lowest BCUT2D eigenvalue weighted by atomic mass is 10.1. The topological polar surface area (TPSA) is 8.81 Å². The summed E-state index contributed by atoms with van der Waals surface area (Å²) in [5.41, 5.74) is 1.39. The Hall–Kier alpha value is -1.57. The van der Waals surface area contributed by atoms with Crippen LogP contribution in [0, 0.1) is 0 Å². The number of rotatable bonds is 12. The zero-order valence-electron chi connectivity index (χ0n) is 15.7. The quantitative estimate of drug-likeness (QED) is 0.358. The Kier molecular flexibility index (Phi) is 8.65. The van der Waals surface area contributed by atoms with Gasteiger partial charge in [-0.15, -0.1) is 0 Å². The second-order valence-corrected chi connectivity index (χ2v) is 6.89. The molecule has 2 rings (SSSR count). The predicted molar refractivity (Wildman–Crippen MR) is 102 cm³/mol. The molecular formula is C22H35N2+.